The van der Waals surface area contributed by atoms with Gasteiger partial charge in [-0.05, 0) is 12.1 Å². The van der Waals surface area contributed by atoms with Crippen molar-refractivity contribution in [3.63, 3.8) is 0 Å². The topological polar surface area (TPSA) is 85.1 Å². The molecule has 1 heterocycles. The van der Waals surface area contributed by atoms with Crippen LogP contribution in [0, 0.1) is 21.7 Å². The van der Waals surface area contributed by atoms with Crippen molar-refractivity contribution in [2.24, 2.45) is 0 Å². The molecule has 0 saturated heterocycles. The number of pyridine rings is 1. The number of halogens is 3. The highest BCUT2D eigenvalue weighted by Crippen LogP contribution is 2.29. The van der Waals surface area contributed by atoms with E-state index in [1.165, 1.54) is 18.3 Å². The monoisotopic (exact) mass is 313 g/mol. The highest BCUT2D eigenvalue weighted by molar-refractivity contribution is 6.29. The van der Waals surface area contributed by atoms with E-state index < -0.39 is 33.8 Å². The normalized spacial score (nSPS) is 10.2. The Morgan fingerprint density at radius 3 is 2.67 bits per heavy atom. The van der Waals surface area contributed by atoms with E-state index in [1.807, 2.05) is 5.32 Å². The number of carbonyl (C=O) groups excluding carboxylic acids is 1. The Bertz CT molecular complexity index is 740. The molecule has 21 heavy (non-hydrogen) atoms. The van der Waals surface area contributed by atoms with Crippen LogP contribution >= 0.6 is 11.6 Å². The minimum absolute atomic E-state index is 0.0213. The maximum Gasteiger partial charge on any atom is 0.298 e. The van der Waals surface area contributed by atoms with Gasteiger partial charge in [0.1, 0.15) is 11.0 Å². The lowest BCUT2D eigenvalue weighted by Gasteiger charge is -2.07. The molecular weight excluding hydrogens is 308 g/mol. The number of hydrogen-bond donors (Lipinski definition) is 1. The van der Waals surface area contributed by atoms with E-state index in [1.54, 1.807) is 0 Å². The molecule has 6 nitrogen and oxygen atoms in total. The van der Waals surface area contributed by atoms with E-state index >= 15 is 0 Å². The fourth-order valence-corrected chi connectivity index (χ4v) is 1.73. The molecule has 1 amide bonds. The molecule has 1 aromatic heterocycles. The SMILES string of the molecule is O=C(Nc1c(F)cc(F)cc1[N+](=O)[O-])c1ccnc(Cl)c1. The average molecular weight is 314 g/mol. The quantitative estimate of drug-likeness (QED) is 0.536. The highest BCUT2D eigenvalue weighted by atomic mass is 35.5. The summed E-state index contributed by atoms with van der Waals surface area (Å²) in [6.07, 6.45) is 1.24. The number of benzene rings is 1. The Morgan fingerprint density at radius 2 is 2.05 bits per heavy atom. The molecule has 0 aliphatic rings. The number of nitro benzene ring substituents is 1. The van der Waals surface area contributed by atoms with Crippen LogP contribution in [0.5, 0.6) is 0 Å². The molecule has 0 radical (unpaired) electrons. The van der Waals surface area contributed by atoms with Gasteiger partial charge in [-0.3, -0.25) is 14.9 Å². The van der Waals surface area contributed by atoms with E-state index in [4.69, 9.17) is 11.6 Å². The van der Waals surface area contributed by atoms with Crippen molar-refractivity contribution in [2.75, 3.05) is 5.32 Å². The van der Waals surface area contributed by atoms with Gasteiger partial charge in [-0.2, -0.15) is 0 Å². The summed E-state index contributed by atoms with van der Waals surface area (Å²) in [4.78, 5) is 25.3. The standard InChI is InChI=1S/C12H6ClF2N3O3/c13-10-3-6(1-2-16-10)12(19)17-11-8(15)4-7(14)5-9(11)18(20)21/h1-5H,(H,17,19). The van der Waals surface area contributed by atoms with Gasteiger partial charge >= 0.3 is 0 Å². The zero-order chi connectivity index (χ0) is 15.6. The number of rotatable bonds is 3. The van der Waals surface area contributed by atoms with Crippen molar-refractivity contribution in [1.29, 1.82) is 0 Å². The van der Waals surface area contributed by atoms with Gasteiger partial charge in [-0.1, -0.05) is 11.6 Å². The van der Waals surface area contributed by atoms with Crippen molar-refractivity contribution in [1.82, 2.24) is 4.98 Å². The fourth-order valence-electron chi connectivity index (χ4n) is 1.56. The molecule has 0 aliphatic heterocycles. The van der Waals surface area contributed by atoms with E-state index in [-0.39, 0.29) is 10.7 Å². The molecule has 9 heteroatoms. The number of aromatic nitrogens is 1. The summed E-state index contributed by atoms with van der Waals surface area (Å²) in [5.74, 6) is -3.22. The Morgan fingerprint density at radius 1 is 1.33 bits per heavy atom. The van der Waals surface area contributed by atoms with E-state index in [0.717, 1.165) is 0 Å². The van der Waals surface area contributed by atoms with Crippen LogP contribution in [-0.2, 0) is 0 Å². The third-order valence-electron chi connectivity index (χ3n) is 2.46. The third kappa shape index (κ3) is 3.29. The molecule has 0 spiro atoms. The summed E-state index contributed by atoms with van der Waals surface area (Å²) in [5, 5.41) is 12.8. The Balaban J connectivity index is 2.39. The van der Waals surface area contributed by atoms with E-state index in [0.29, 0.717) is 12.1 Å². The zero-order valence-corrected chi connectivity index (χ0v) is 10.9. The molecule has 108 valence electrons. The summed E-state index contributed by atoms with van der Waals surface area (Å²) < 4.78 is 26.6. The van der Waals surface area contributed by atoms with Crippen molar-refractivity contribution in [2.45, 2.75) is 0 Å². The van der Waals surface area contributed by atoms with Crippen LogP contribution in [-0.4, -0.2) is 15.8 Å². The molecule has 0 atom stereocenters. The van der Waals surface area contributed by atoms with Crippen molar-refractivity contribution >= 4 is 28.9 Å². The van der Waals surface area contributed by atoms with Crippen LogP contribution in [0.2, 0.25) is 5.15 Å². The summed E-state index contributed by atoms with van der Waals surface area (Å²) in [6.45, 7) is 0. The number of amides is 1. The van der Waals surface area contributed by atoms with Crippen LogP contribution in [0.1, 0.15) is 10.4 Å². The molecular formula is C12H6ClF2N3O3. The summed E-state index contributed by atoms with van der Waals surface area (Å²) in [5.41, 5.74) is -1.59. The molecule has 0 unspecified atom stereocenters. The first-order valence-electron chi connectivity index (χ1n) is 5.45. The smallest absolute Gasteiger partial charge is 0.298 e. The average Bonchev–Trinajstić information content (AvgIpc) is 2.41. The van der Waals surface area contributed by atoms with Gasteiger partial charge in [0.15, 0.2) is 11.5 Å². The van der Waals surface area contributed by atoms with Crippen molar-refractivity contribution in [3.8, 4) is 0 Å². The minimum atomic E-state index is -1.25. The van der Waals surface area contributed by atoms with Crippen LogP contribution < -0.4 is 5.32 Å². The van der Waals surface area contributed by atoms with Crippen LogP contribution in [0.4, 0.5) is 20.2 Å². The predicted octanol–water partition coefficient (Wildman–Crippen LogP) is 3.17. The number of nitrogens with zero attached hydrogens (tertiary/aromatic N) is 2. The lowest BCUT2D eigenvalue weighted by atomic mass is 10.2. The summed E-state index contributed by atoms with van der Waals surface area (Å²) >= 11 is 5.60. The molecule has 0 aliphatic carbocycles. The number of nitrogens with one attached hydrogen (secondary N) is 1. The van der Waals surface area contributed by atoms with Gasteiger partial charge in [0.2, 0.25) is 0 Å². The maximum atomic E-state index is 13.6. The molecule has 2 aromatic rings. The molecule has 1 N–H and O–H groups in total. The second kappa shape index (κ2) is 5.80. The van der Waals surface area contributed by atoms with Gasteiger partial charge in [0, 0.05) is 17.8 Å². The molecule has 0 fully saturated rings. The fraction of sp³-hybridized carbons (Fsp3) is 0. The van der Waals surface area contributed by atoms with Gasteiger partial charge in [0.25, 0.3) is 11.6 Å². The van der Waals surface area contributed by atoms with E-state index in [2.05, 4.69) is 4.98 Å². The second-order valence-corrected chi connectivity index (χ2v) is 4.25. The van der Waals surface area contributed by atoms with Crippen molar-refractivity contribution in [3.05, 3.63) is 62.9 Å². The molecule has 0 saturated carbocycles. The van der Waals surface area contributed by atoms with Gasteiger partial charge in [-0.25, -0.2) is 13.8 Å². The number of nitro groups is 1. The van der Waals surface area contributed by atoms with Gasteiger partial charge in [0.05, 0.1) is 11.0 Å². The molecule has 0 bridgehead atoms. The Hall–Kier alpha value is -2.61. The maximum absolute atomic E-state index is 13.6. The first-order valence-corrected chi connectivity index (χ1v) is 5.82. The van der Waals surface area contributed by atoms with Gasteiger partial charge < -0.3 is 5.32 Å². The number of hydrogen-bond acceptors (Lipinski definition) is 4. The summed E-state index contributed by atoms with van der Waals surface area (Å²) in [6, 6.07) is 3.43. The second-order valence-electron chi connectivity index (χ2n) is 3.86. The number of anilines is 1. The molecule has 2 rings (SSSR count). The number of carbonyl (C=O) groups is 1. The minimum Gasteiger partial charge on any atom is -0.314 e. The van der Waals surface area contributed by atoms with Crippen molar-refractivity contribution < 1.29 is 18.5 Å². The zero-order valence-electron chi connectivity index (χ0n) is 10.1. The first kappa shape index (κ1) is 14.8. The van der Waals surface area contributed by atoms with Crippen LogP contribution in [0.3, 0.4) is 0 Å². The van der Waals surface area contributed by atoms with E-state index in [9.17, 15) is 23.7 Å². The first-order chi connectivity index (χ1) is 9.88. The van der Waals surface area contributed by atoms with Crippen LogP contribution in [0.25, 0.3) is 0 Å². The van der Waals surface area contributed by atoms with Gasteiger partial charge in [-0.15, -0.1) is 0 Å². The van der Waals surface area contributed by atoms with Crippen LogP contribution in [0.15, 0.2) is 30.5 Å². The lowest BCUT2D eigenvalue weighted by molar-refractivity contribution is -0.384. The predicted molar refractivity (Wildman–Crippen MR) is 70.2 cm³/mol. The third-order valence-corrected chi connectivity index (χ3v) is 2.66. The Kier molecular flexibility index (Phi) is 4.08. The summed E-state index contributed by atoms with van der Waals surface area (Å²) in [7, 11) is 0. The lowest BCUT2D eigenvalue weighted by Crippen LogP contribution is -2.14. The largest absolute Gasteiger partial charge is 0.314 e. The Labute approximate surface area is 121 Å². The molecule has 1 aromatic carbocycles. The highest BCUT2D eigenvalue weighted by Gasteiger charge is 2.22.